The number of aliphatic hydroxyl groups is 1. The van der Waals surface area contributed by atoms with Crippen molar-refractivity contribution in [2.75, 3.05) is 5.32 Å². The number of rotatable bonds is 3. The van der Waals surface area contributed by atoms with E-state index >= 15 is 0 Å². The zero-order valence-electron chi connectivity index (χ0n) is 14.0. The summed E-state index contributed by atoms with van der Waals surface area (Å²) in [6, 6.07) is 9.13. The molecule has 1 aliphatic rings. The summed E-state index contributed by atoms with van der Waals surface area (Å²) in [5.74, 6) is 0. The summed E-state index contributed by atoms with van der Waals surface area (Å²) in [4.78, 5) is 12.6. The van der Waals surface area contributed by atoms with E-state index in [1.807, 2.05) is 30.3 Å². The largest absolute Gasteiger partial charge is 0.382 e. The van der Waals surface area contributed by atoms with Crippen LogP contribution >= 0.6 is 11.6 Å². The Labute approximate surface area is 156 Å². The van der Waals surface area contributed by atoms with E-state index in [-0.39, 0.29) is 21.1 Å². The standard InChI is InChI=1S/C17H16ClN3O4S/c1-10-15(17(23)21(20(10)2)12-6-4-3-5-7-12)19-11-8-13(18)16(22)14(9-11)26(24)25/h3-9,16,19,22H,1-2H3. The Morgan fingerprint density at radius 3 is 2.46 bits per heavy atom. The van der Waals surface area contributed by atoms with E-state index in [1.54, 1.807) is 18.7 Å². The van der Waals surface area contributed by atoms with E-state index in [9.17, 15) is 18.3 Å². The summed E-state index contributed by atoms with van der Waals surface area (Å²) in [6.45, 7) is 1.77. The average molecular weight is 394 g/mol. The lowest BCUT2D eigenvalue weighted by molar-refractivity contribution is 0.287. The predicted molar refractivity (Wildman–Crippen MR) is 101 cm³/mol. The summed E-state index contributed by atoms with van der Waals surface area (Å²) in [5.41, 5.74) is 1.64. The monoisotopic (exact) mass is 393 g/mol. The molecule has 0 saturated heterocycles. The van der Waals surface area contributed by atoms with E-state index in [1.165, 1.54) is 16.8 Å². The minimum atomic E-state index is -2.63. The molecule has 3 rings (SSSR count). The number of benzene rings is 1. The van der Waals surface area contributed by atoms with Gasteiger partial charge in [-0.25, -0.2) is 4.68 Å². The molecule has 1 atom stereocenters. The third-order valence-electron chi connectivity index (χ3n) is 4.14. The van der Waals surface area contributed by atoms with Crippen molar-refractivity contribution in [2.45, 2.75) is 13.0 Å². The Kier molecular flexibility index (Phi) is 4.90. The highest BCUT2D eigenvalue weighted by Gasteiger charge is 2.23. The van der Waals surface area contributed by atoms with Crippen LogP contribution in [0.25, 0.3) is 5.69 Å². The topological polar surface area (TPSA) is 93.3 Å². The van der Waals surface area contributed by atoms with Gasteiger partial charge in [0.25, 0.3) is 5.56 Å². The lowest BCUT2D eigenvalue weighted by Crippen LogP contribution is -2.25. The van der Waals surface area contributed by atoms with Gasteiger partial charge in [-0.2, -0.15) is 8.42 Å². The summed E-state index contributed by atoms with van der Waals surface area (Å²) >= 11 is 5.93. The normalized spacial score (nSPS) is 16.9. The third-order valence-corrected chi connectivity index (χ3v) is 5.18. The highest BCUT2D eigenvalue weighted by molar-refractivity contribution is 7.73. The number of hydrogen-bond acceptors (Lipinski definition) is 5. The Bertz CT molecular complexity index is 1120. The number of halogens is 1. The van der Waals surface area contributed by atoms with E-state index < -0.39 is 16.4 Å². The van der Waals surface area contributed by atoms with Crippen molar-refractivity contribution in [1.82, 2.24) is 9.36 Å². The second kappa shape index (κ2) is 6.99. The molecule has 0 spiro atoms. The van der Waals surface area contributed by atoms with E-state index in [0.717, 1.165) is 0 Å². The van der Waals surface area contributed by atoms with Crippen molar-refractivity contribution < 1.29 is 13.5 Å². The maximum atomic E-state index is 12.9. The number of hydrogen-bond donors (Lipinski definition) is 2. The van der Waals surface area contributed by atoms with Crippen molar-refractivity contribution in [3.8, 4) is 5.69 Å². The first kappa shape index (κ1) is 18.2. The van der Waals surface area contributed by atoms with Crippen LogP contribution in [0.1, 0.15) is 5.69 Å². The molecular formula is C17H16ClN3O4S. The molecular weight excluding hydrogens is 378 g/mol. The number of aromatic nitrogens is 2. The third kappa shape index (κ3) is 3.14. The van der Waals surface area contributed by atoms with Gasteiger partial charge in [0.2, 0.25) is 10.3 Å². The van der Waals surface area contributed by atoms with Crippen LogP contribution in [-0.4, -0.2) is 33.9 Å². The molecule has 0 bridgehead atoms. The van der Waals surface area contributed by atoms with Crippen LogP contribution in [-0.2, 0) is 17.3 Å². The molecule has 7 nitrogen and oxygen atoms in total. The quantitative estimate of drug-likeness (QED) is 0.767. The average Bonchev–Trinajstić information content (AvgIpc) is 2.82. The highest BCUT2D eigenvalue weighted by atomic mass is 35.5. The van der Waals surface area contributed by atoms with Crippen LogP contribution in [0.2, 0.25) is 0 Å². The van der Waals surface area contributed by atoms with Gasteiger partial charge in [0, 0.05) is 12.7 Å². The molecule has 1 heterocycles. The minimum absolute atomic E-state index is 0.0498. The summed E-state index contributed by atoms with van der Waals surface area (Å²) in [6.07, 6.45) is 1.23. The Morgan fingerprint density at radius 2 is 1.85 bits per heavy atom. The van der Waals surface area contributed by atoms with Crippen molar-refractivity contribution in [3.63, 3.8) is 0 Å². The summed E-state index contributed by atoms with van der Waals surface area (Å²) in [5, 5.41) is 12.7. The van der Waals surface area contributed by atoms with E-state index in [4.69, 9.17) is 11.6 Å². The molecule has 0 radical (unpaired) electrons. The van der Waals surface area contributed by atoms with E-state index in [2.05, 4.69) is 5.32 Å². The number of nitrogens with one attached hydrogen (secondary N) is 1. The highest BCUT2D eigenvalue weighted by Crippen LogP contribution is 2.22. The van der Waals surface area contributed by atoms with Crippen LogP contribution < -0.4 is 10.9 Å². The molecule has 0 amide bonds. The van der Waals surface area contributed by atoms with Crippen molar-refractivity contribution in [1.29, 1.82) is 0 Å². The first-order chi connectivity index (χ1) is 12.3. The second-order valence-electron chi connectivity index (χ2n) is 5.73. The van der Waals surface area contributed by atoms with Gasteiger partial charge in [0.1, 0.15) is 16.7 Å². The van der Waals surface area contributed by atoms with Gasteiger partial charge in [-0.15, -0.1) is 0 Å². The molecule has 2 N–H and O–H groups in total. The Hall–Kier alpha value is -2.55. The minimum Gasteiger partial charge on any atom is -0.382 e. The molecule has 0 aliphatic heterocycles. The van der Waals surface area contributed by atoms with Gasteiger partial charge in [0.15, 0.2) is 0 Å². The number of aliphatic hydroxyl groups excluding tert-OH is 1. The summed E-state index contributed by atoms with van der Waals surface area (Å²) in [7, 11) is -0.884. The lowest BCUT2D eigenvalue weighted by Gasteiger charge is -2.16. The first-order valence-corrected chi connectivity index (χ1v) is 9.10. The SMILES string of the molecule is Cc1c(NC2=CC(=S(=O)=O)C(O)C(Cl)=C2)c(=O)n(-c2ccccc2)n1C. The van der Waals surface area contributed by atoms with Gasteiger partial charge >= 0.3 is 0 Å². The molecule has 9 heteroatoms. The van der Waals surface area contributed by atoms with Crippen molar-refractivity contribution >= 4 is 32.4 Å². The maximum absolute atomic E-state index is 12.9. The van der Waals surface area contributed by atoms with Crippen LogP contribution in [0, 0.1) is 6.92 Å². The van der Waals surface area contributed by atoms with Crippen molar-refractivity contribution in [3.05, 3.63) is 69.3 Å². The van der Waals surface area contributed by atoms with Crippen LogP contribution in [0.15, 0.2) is 58.0 Å². The maximum Gasteiger partial charge on any atom is 0.295 e. The molecule has 0 fully saturated rings. The zero-order chi connectivity index (χ0) is 19.0. The van der Waals surface area contributed by atoms with Crippen molar-refractivity contribution in [2.24, 2.45) is 7.05 Å². The van der Waals surface area contributed by atoms with Crippen LogP contribution in [0.5, 0.6) is 0 Å². The molecule has 0 saturated carbocycles. The first-order valence-electron chi connectivity index (χ1n) is 7.65. The molecule has 1 aromatic carbocycles. The van der Waals surface area contributed by atoms with Crippen LogP contribution in [0.4, 0.5) is 5.69 Å². The number of anilines is 1. The fourth-order valence-corrected chi connectivity index (χ4v) is 3.54. The van der Waals surface area contributed by atoms with E-state index in [0.29, 0.717) is 17.1 Å². The number of nitrogens with zero attached hydrogens (tertiary/aromatic N) is 2. The molecule has 1 unspecified atom stereocenters. The molecule has 26 heavy (non-hydrogen) atoms. The number of para-hydroxylation sites is 1. The predicted octanol–water partition coefficient (Wildman–Crippen LogP) is 1.33. The van der Waals surface area contributed by atoms with Gasteiger partial charge in [-0.3, -0.25) is 9.48 Å². The summed E-state index contributed by atoms with van der Waals surface area (Å²) < 4.78 is 25.7. The van der Waals surface area contributed by atoms with Crippen LogP contribution in [0.3, 0.4) is 0 Å². The second-order valence-corrected chi connectivity index (χ2v) is 7.11. The Morgan fingerprint density at radius 1 is 1.19 bits per heavy atom. The lowest BCUT2D eigenvalue weighted by atomic mass is 10.1. The van der Waals surface area contributed by atoms with Gasteiger partial charge in [-0.05, 0) is 31.2 Å². The number of allylic oxidation sites excluding steroid dienone is 1. The molecule has 1 aliphatic carbocycles. The Balaban J connectivity index is 2.09. The fraction of sp³-hybridized carbons (Fsp3) is 0.176. The van der Waals surface area contributed by atoms with Gasteiger partial charge in [-0.1, -0.05) is 29.8 Å². The molecule has 2 aromatic rings. The zero-order valence-corrected chi connectivity index (χ0v) is 15.5. The fourth-order valence-electron chi connectivity index (χ4n) is 2.71. The molecule has 1 aromatic heterocycles. The smallest absolute Gasteiger partial charge is 0.295 e. The van der Waals surface area contributed by atoms with Gasteiger partial charge < -0.3 is 10.4 Å². The molecule has 136 valence electrons. The van der Waals surface area contributed by atoms with Gasteiger partial charge in [0.05, 0.1) is 16.4 Å².